The maximum Gasteiger partial charge on any atom is 0.237 e. The number of Topliss-reactive ketones (excluding diaryl/α,β-unsaturated/α-hetero) is 1. The first-order valence-electron chi connectivity index (χ1n) is 8.50. The van der Waals surface area contributed by atoms with Gasteiger partial charge in [-0.25, -0.2) is 0 Å². The third-order valence-corrected chi connectivity index (χ3v) is 4.44. The van der Waals surface area contributed by atoms with E-state index >= 15 is 0 Å². The molecule has 0 radical (unpaired) electrons. The molecule has 1 aromatic heterocycles. The van der Waals surface area contributed by atoms with Crippen molar-refractivity contribution in [1.82, 2.24) is 0 Å². The Balaban J connectivity index is 2.41. The topological polar surface area (TPSA) is 36.6 Å². The molecule has 0 fully saturated rings. The first kappa shape index (κ1) is 19.1. The van der Waals surface area contributed by atoms with E-state index in [0.717, 1.165) is 12.1 Å². The Morgan fingerprint density at radius 3 is 2.20 bits per heavy atom. The van der Waals surface area contributed by atoms with Gasteiger partial charge in [0.05, 0.1) is 0 Å². The molecule has 4 nitrogen and oxygen atoms in total. The smallest absolute Gasteiger partial charge is 0.237 e. The molecule has 1 aromatic carbocycles. The average Bonchev–Trinajstić information content (AvgIpc) is 2.62. The molecule has 5 heteroatoms. The van der Waals surface area contributed by atoms with E-state index in [1.54, 1.807) is 0 Å². The molecular formula is C20H25N3OS. The van der Waals surface area contributed by atoms with E-state index in [1.807, 2.05) is 79.3 Å². The Kier molecular flexibility index (Phi) is 6.65. The maximum absolute atomic E-state index is 13.1. The highest BCUT2D eigenvalue weighted by atomic mass is 32.1. The summed E-state index contributed by atoms with van der Waals surface area (Å²) >= 11 is 5.45. The van der Waals surface area contributed by atoms with Gasteiger partial charge in [-0.05, 0) is 24.0 Å². The summed E-state index contributed by atoms with van der Waals surface area (Å²) < 4.78 is 1.84. The minimum atomic E-state index is -0.598. The lowest BCUT2D eigenvalue weighted by Crippen LogP contribution is -2.47. The molecule has 0 saturated carbocycles. The Morgan fingerprint density at radius 2 is 1.72 bits per heavy atom. The number of aryl methyl sites for hydroxylation is 1. The number of hydrogen-bond donors (Lipinski definition) is 0. The number of rotatable bonds is 7. The number of pyridine rings is 1. The van der Waals surface area contributed by atoms with Crippen LogP contribution in [0.4, 0.5) is 5.69 Å². The van der Waals surface area contributed by atoms with Gasteiger partial charge >= 0.3 is 0 Å². The Hall–Kier alpha value is -2.27. The molecule has 1 atom stereocenters. The average molecular weight is 356 g/mol. The zero-order valence-corrected chi connectivity index (χ0v) is 16.1. The number of aliphatic imine (C=N–C) groups is 1. The van der Waals surface area contributed by atoms with Crippen molar-refractivity contribution in [2.75, 3.05) is 25.5 Å². The lowest BCUT2D eigenvalue weighted by atomic mass is 10.0. The van der Waals surface area contributed by atoms with Gasteiger partial charge in [0.2, 0.25) is 11.8 Å². The standard InChI is InChI=1S/C20H25N3OS/c1-5-15-7-9-16(10-8-15)19(24)18(20(25)21-6-2)23-13-11-17(12-14-23)22(3)4/h7-14,18H,5-6H2,1-4H3/t18-/m1/s1. The molecule has 0 bridgehead atoms. The Labute approximate surface area is 155 Å². The number of carbonyl (C=O) groups excluding carboxylic acids is 1. The summed E-state index contributed by atoms with van der Waals surface area (Å²) in [4.78, 5) is 19.4. The number of anilines is 1. The van der Waals surface area contributed by atoms with Crippen LogP contribution in [0.5, 0.6) is 0 Å². The number of ketones is 1. The van der Waals surface area contributed by atoms with Crippen molar-refractivity contribution in [3.8, 4) is 0 Å². The number of nitrogens with zero attached hydrogens (tertiary/aromatic N) is 3. The fourth-order valence-electron chi connectivity index (χ4n) is 2.58. The van der Waals surface area contributed by atoms with Crippen LogP contribution in [0.2, 0.25) is 0 Å². The lowest BCUT2D eigenvalue weighted by Gasteiger charge is -2.19. The van der Waals surface area contributed by atoms with Gasteiger partial charge < -0.3 is 22.5 Å². The fraction of sp³-hybridized carbons (Fsp3) is 0.350. The summed E-state index contributed by atoms with van der Waals surface area (Å²) in [6.45, 7) is 4.58. The van der Waals surface area contributed by atoms with E-state index in [-0.39, 0.29) is 5.78 Å². The minimum Gasteiger partial charge on any atom is -0.758 e. The first-order chi connectivity index (χ1) is 12.0. The second-order valence-corrected chi connectivity index (χ2v) is 6.45. The van der Waals surface area contributed by atoms with Crippen molar-refractivity contribution in [2.45, 2.75) is 26.3 Å². The molecule has 0 unspecified atom stereocenters. The van der Waals surface area contributed by atoms with Crippen LogP contribution in [0.15, 0.2) is 53.8 Å². The number of carbonyl (C=O) groups is 1. The van der Waals surface area contributed by atoms with Crippen molar-refractivity contribution in [2.24, 2.45) is 4.99 Å². The van der Waals surface area contributed by atoms with E-state index in [4.69, 9.17) is 12.6 Å². The molecule has 0 aliphatic heterocycles. The van der Waals surface area contributed by atoms with Gasteiger partial charge in [-0.3, -0.25) is 4.79 Å². The third kappa shape index (κ3) is 4.63. The highest BCUT2D eigenvalue weighted by Gasteiger charge is 2.28. The SMILES string of the molecule is CCN=C([S-])[C@@H](C(=O)c1ccc(CC)cc1)[n+]1ccc(N(C)C)cc1. The van der Waals surface area contributed by atoms with E-state index in [0.29, 0.717) is 17.2 Å². The Morgan fingerprint density at radius 1 is 1.12 bits per heavy atom. The number of benzene rings is 1. The molecule has 25 heavy (non-hydrogen) atoms. The maximum atomic E-state index is 13.1. The molecule has 0 spiro atoms. The van der Waals surface area contributed by atoms with Crippen LogP contribution < -0.4 is 9.47 Å². The second kappa shape index (κ2) is 8.72. The van der Waals surface area contributed by atoms with Crippen LogP contribution in [0.1, 0.15) is 35.8 Å². The fourth-order valence-corrected chi connectivity index (χ4v) is 2.94. The molecule has 0 N–H and O–H groups in total. The van der Waals surface area contributed by atoms with Crippen LogP contribution in [-0.4, -0.2) is 31.5 Å². The first-order valence-corrected chi connectivity index (χ1v) is 8.91. The van der Waals surface area contributed by atoms with Gasteiger partial charge in [-0.2, -0.15) is 4.57 Å². The van der Waals surface area contributed by atoms with Crippen LogP contribution in [0.25, 0.3) is 0 Å². The molecule has 0 saturated heterocycles. The van der Waals surface area contributed by atoms with E-state index in [2.05, 4.69) is 11.9 Å². The van der Waals surface area contributed by atoms with Gasteiger partial charge in [-0.15, -0.1) is 0 Å². The van der Waals surface area contributed by atoms with Crippen LogP contribution in [0.3, 0.4) is 0 Å². The molecule has 0 aliphatic carbocycles. The highest BCUT2D eigenvalue weighted by molar-refractivity contribution is 7.77. The van der Waals surface area contributed by atoms with E-state index in [9.17, 15) is 4.79 Å². The molecule has 1 heterocycles. The van der Waals surface area contributed by atoms with Crippen molar-refractivity contribution < 1.29 is 9.36 Å². The monoisotopic (exact) mass is 355 g/mol. The molecule has 2 aromatic rings. The lowest BCUT2D eigenvalue weighted by molar-refractivity contribution is -0.691. The summed E-state index contributed by atoms with van der Waals surface area (Å²) in [5.41, 5.74) is 2.92. The molecule has 0 amide bonds. The van der Waals surface area contributed by atoms with Crippen molar-refractivity contribution in [1.29, 1.82) is 0 Å². The van der Waals surface area contributed by atoms with E-state index < -0.39 is 6.04 Å². The van der Waals surface area contributed by atoms with Gasteiger partial charge in [-0.1, -0.05) is 31.2 Å². The quantitative estimate of drug-likeness (QED) is 0.252. The number of hydrogen-bond acceptors (Lipinski definition) is 4. The van der Waals surface area contributed by atoms with Gasteiger partial charge in [0, 0.05) is 44.0 Å². The highest BCUT2D eigenvalue weighted by Crippen LogP contribution is 2.15. The molecule has 132 valence electrons. The number of aromatic nitrogens is 1. The van der Waals surface area contributed by atoms with Crippen LogP contribution >= 0.6 is 0 Å². The van der Waals surface area contributed by atoms with Gasteiger partial charge in [0.25, 0.3) is 0 Å². The zero-order chi connectivity index (χ0) is 18.4. The largest absolute Gasteiger partial charge is 0.758 e. The molecule has 0 aliphatic rings. The molecule has 2 rings (SSSR count). The third-order valence-electron chi connectivity index (χ3n) is 4.09. The Bertz CT molecular complexity index is 737. The predicted octanol–water partition coefficient (Wildman–Crippen LogP) is 2.99. The molecular weight excluding hydrogens is 330 g/mol. The summed E-state index contributed by atoms with van der Waals surface area (Å²) in [6, 6.07) is 11.1. The van der Waals surface area contributed by atoms with Crippen LogP contribution in [0, 0.1) is 0 Å². The van der Waals surface area contributed by atoms with Gasteiger partial charge in [0.15, 0.2) is 12.4 Å². The van der Waals surface area contributed by atoms with Crippen molar-refractivity contribution in [3.05, 3.63) is 59.9 Å². The summed E-state index contributed by atoms with van der Waals surface area (Å²) in [5, 5.41) is 0.412. The predicted molar refractivity (Wildman–Crippen MR) is 105 cm³/mol. The zero-order valence-electron chi connectivity index (χ0n) is 15.3. The van der Waals surface area contributed by atoms with Gasteiger partial charge in [0.1, 0.15) is 0 Å². The normalized spacial score (nSPS) is 12.7. The minimum absolute atomic E-state index is 0.0348. The van der Waals surface area contributed by atoms with Crippen LogP contribution in [-0.2, 0) is 19.0 Å². The van der Waals surface area contributed by atoms with Crippen molar-refractivity contribution >= 4 is 29.1 Å². The summed E-state index contributed by atoms with van der Waals surface area (Å²) in [6.07, 6.45) is 4.72. The second-order valence-electron chi connectivity index (χ2n) is 6.03. The summed E-state index contributed by atoms with van der Waals surface area (Å²) in [7, 11) is 3.96. The van der Waals surface area contributed by atoms with E-state index in [1.165, 1.54) is 5.56 Å². The van der Waals surface area contributed by atoms with Crippen molar-refractivity contribution in [3.63, 3.8) is 0 Å². The summed E-state index contributed by atoms with van der Waals surface area (Å²) in [5.74, 6) is -0.0348.